The highest BCUT2D eigenvalue weighted by molar-refractivity contribution is 5.82. The quantitative estimate of drug-likeness (QED) is 0.702. The fourth-order valence-electron chi connectivity index (χ4n) is 6.27. The molecule has 0 spiro atoms. The van der Waals surface area contributed by atoms with Crippen molar-refractivity contribution in [1.29, 1.82) is 0 Å². The molecule has 2 amide bonds. The van der Waals surface area contributed by atoms with Gasteiger partial charge in [0.1, 0.15) is 12.1 Å². The first-order valence-electron chi connectivity index (χ1n) is 11.3. The first-order valence-corrected chi connectivity index (χ1v) is 11.3. The SMILES string of the molecule is CC(=O)N1C2CCC(C3CC(C(F)(F)F)NN3C)CC2N(C(=O)C2CCCO2)C[C@@H]1C. The van der Waals surface area contributed by atoms with Crippen molar-refractivity contribution in [2.75, 3.05) is 20.2 Å². The van der Waals surface area contributed by atoms with E-state index < -0.39 is 18.3 Å². The molecule has 7 atom stereocenters. The van der Waals surface area contributed by atoms with Crippen molar-refractivity contribution in [3.63, 3.8) is 0 Å². The topological polar surface area (TPSA) is 65.1 Å². The number of ether oxygens (including phenoxy) is 1. The van der Waals surface area contributed by atoms with Gasteiger partial charge in [-0.05, 0) is 51.4 Å². The third-order valence-corrected chi connectivity index (χ3v) is 7.64. The first-order chi connectivity index (χ1) is 14.6. The number of carbonyl (C=O) groups excluding carboxylic acids is 2. The van der Waals surface area contributed by atoms with Crippen LogP contribution in [0, 0.1) is 5.92 Å². The van der Waals surface area contributed by atoms with Crippen molar-refractivity contribution in [3.8, 4) is 0 Å². The molecule has 4 aliphatic rings. The van der Waals surface area contributed by atoms with Gasteiger partial charge in [-0.25, -0.2) is 10.4 Å². The lowest BCUT2D eigenvalue weighted by molar-refractivity contribution is -0.160. The third kappa shape index (κ3) is 4.30. The maximum atomic E-state index is 13.3. The lowest BCUT2D eigenvalue weighted by atomic mass is 9.74. The van der Waals surface area contributed by atoms with Crippen molar-refractivity contribution < 1.29 is 27.5 Å². The minimum atomic E-state index is -4.28. The lowest BCUT2D eigenvalue weighted by Crippen LogP contribution is -2.68. The Labute approximate surface area is 181 Å². The molecule has 0 aromatic carbocycles. The van der Waals surface area contributed by atoms with Crippen LogP contribution in [0.15, 0.2) is 0 Å². The molecule has 10 heteroatoms. The van der Waals surface area contributed by atoms with Gasteiger partial charge in [0.2, 0.25) is 5.91 Å². The van der Waals surface area contributed by atoms with E-state index in [0.717, 1.165) is 12.8 Å². The smallest absolute Gasteiger partial charge is 0.368 e. The number of hydrogen-bond donors (Lipinski definition) is 1. The summed E-state index contributed by atoms with van der Waals surface area (Å²) in [6.45, 7) is 4.53. The van der Waals surface area contributed by atoms with Crippen LogP contribution < -0.4 is 5.43 Å². The van der Waals surface area contributed by atoms with Crippen molar-refractivity contribution in [2.24, 2.45) is 5.92 Å². The summed E-state index contributed by atoms with van der Waals surface area (Å²) in [6, 6.07) is -2.16. The number of hydrogen-bond acceptors (Lipinski definition) is 5. The molecule has 3 aliphatic heterocycles. The van der Waals surface area contributed by atoms with Crippen LogP contribution in [-0.4, -0.2) is 89.3 Å². The summed E-state index contributed by atoms with van der Waals surface area (Å²) < 4.78 is 45.4. The molecule has 7 nitrogen and oxygen atoms in total. The van der Waals surface area contributed by atoms with Gasteiger partial charge in [-0.1, -0.05) is 0 Å². The Morgan fingerprint density at radius 3 is 2.39 bits per heavy atom. The van der Waals surface area contributed by atoms with Crippen molar-refractivity contribution in [2.45, 2.75) is 94.9 Å². The van der Waals surface area contributed by atoms with E-state index in [1.54, 1.807) is 19.0 Å². The highest BCUT2D eigenvalue weighted by Gasteiger charge is 2.52. The molecule has 3 heterocycles. The minimum Gasteiger partial charge on any atom is -0.368 e. The fourth-order valence-corrected chi connectivity index (χ4v) is 6.27. The number of alkyl halides is 3. The predicted molar refractivity (Wildman–Crippen MR) is 107 cm³/mol. The minimum absolute atomic E-state index is 0.00849. The molecule has 0 aromatic rings. The maximum absolute atomic E-state index is 13.3. The van der Waals surface area contributed by atoms with Gasteiger partial charge in [0.25, 0.3) is 5.91 Å². The summed E-state index contributed by atoms with van der Waals surface area (Å²) in [5.74, 6) is -0.0238. The van der Waals surface area contributed by atoms with E-state index in [2.05, 4.69) is 5.43 Å². The van der Waals surface area contributed by atoms with Crippen LogP contribution in [-0.2, 0) is 14.3 Å². The second kappa shape index (κ2) is 8.51. The third-order valence-electron chi connectivity index (χ3n) is 7.64. The Balaban J connectivity index is 1.55. The predicted octanol–water partition coefficient (Wildman–Crippen LogP) is 1.92. The van der Waals surface area contributed by atoms with Crippen LogP contribution in [0.3, 0.4) is 0 Å². The summed E-state index contributed by atoms with van der Waals surface area (Å²) in [4.78, 5) is 29.4. The molecule has 6 unspecified atom stereocenters. The van der Waals surface area contributed by atoms with Crippen molar-refractivity contribution in [1.82, 2.24) is 20.2 Å². The molecule has 1 N–H and O–H groups in total. The molecule has 0 aromatic heterocycles. The monoisotopic (exact) mass is 446 g/mol. The van der Waals surface area contributed by atoms with Gasteiger partial charge < -0.3 is 14.5 Å². The summed E-state index contributed by atoms with van der Waals surface area (Å²) in [7, 11) is 1.67. The number of piperazine rings is 1. The van der Waals surface area contributed by atoms with Gasteiger partial charge in [0.05, 0.1) is 12.1 Å². The van der Waals surface area contributed by atoms with E-state index >= 15 is 0 Å². The van der Waals surface area contributed by atoms with E-state index in [-0.39, 0.29) is 48.3 Å². The van der Waals surface area contributed by atoms with Crippen LogP contribution >= 0.6 is 0 Å². The molecule has 0 bridgehead atoms. The van der Waals surface area contributed by atoms with Gasteiger partial charge in [0, 0.05) is 39.2 Å². The van der Waals surface area contributed by atoms with Crippen LogP contribution in [0.5, 0.6) is 0 Å². The number of nitrogens with zero attached hydrogens (tertiary/aromatic N) is 3. The summed E-state index contributed by atoms with van der Waals surface area (Å²) in [6.07, 6.45) is -1.14. The number of hydrazine groups is 1. The molecular formula is C21H33F3N4O3. The molecule has 1 saturated carbocycles. The van der Waals surface area contributed by atoms with Crippen molar-refractivity contribution >= 4 is 11.8 Å². The Morgan fingerprint density at radius 2 is 1.81 bits per heavy atom. The van der Waals surface area contributed by atoms with E-state index in [9.17, 15) is 22.8 Å². The highest BCUT2D eigenvalue weighted by Crippen LogP contribution is 2.41. The molecule has 176 valence electrons. The Morgan fingerprint density at radius 1 is 1.06 bits per heavy atom. The van der Waals surface area contributed by atoms with E-state index in [1.165, 1.54) is 0 Å². The van der Waals surface area contributed by atoms with E-state index in [0.29, 0.717) is 32.4 Å². The molecular weight excluding hydrogens is 413 g/mol. The number of nitrogens with one attached hydrogen (secondary N) is 1. The van der Waals surface area contributed by atoms with Gasteiger partial charge >= 0.3 is 6.18 Å². The second-order valence-corrected chi connectivity index (χ2v) is 9.61. The van der Waals surface area contributed by atoms with Crippen LogP contribution in [0.4, 0.5) is 13.2 Å². The highest BCUT2D eigenvalue weighted by atomic mass is 19.4. The van der Waals surface area contributed by atoms with Crippen molar-refractivity contribution in [3.05, 3.63) is 0 Å². The Hall–Kier alpha value is -1.39. The molecule has 0 radical (unpaired) electrons. The Kier molecular flexibility index (Phi) is 6.26. The number of halogens is 3. The zero-order valence-corrected chi connectivity index (χ0v) is 18.4. The number of amides is 2. The first kappa shape index (κ1) is 22.8. The zero-order valence-electron chi connectivity index (χ0n) is 18.4. The van der Waals surface area contributed by atoms with Gasteiger partial charge in [-0.15, -0.1) is 0 Å². The van der Waals surface area contributed by atoms with Crippen LogP contribution in [0.25, 0.3) is 0 Å². The molecule has 3 saturated heterocycles. The molecule has 4 fully saturated rings. The molecule has 1 aliphatic carbocycles. The standard InChI is InChI=1S/C21H33F3N4O3/c1-12-11-27(20(30)18-5-4-8-31-18)17-9-14(6-7-15(17)28(12)13(2)29)16-10-19(21(22,23)24)25-26(16)3/h12,14-19,25H,4-11H2,1-3H3/t12-,14?,15?,16?,17?,18?,19?/m0/s1. The summed E-state index contributed by atoms with van der Waals surface area (Å²) >= 11 is 0. The number of fused-ring (bicyclic) bond motifs is 1. The molecule has 31 heavy (non-hydrogen) atoms. The number of carbonyl (C=O) groups is 2. The van der Waals surface area contributed by atoms with Crippen LogP contribution in [0.2, 0.25) is 0 Å². The van der Waals surface area contributed by atoms with Crippen LogP contribution in [0.1, 0.15) is 52.4 Å². The maximum Gasteiger partial charge on any atom is 0.405 e. The Bertz CT molecular complexity index is 700. The average Bonchev–Trinajstić information content (AvgIpc) is 3.35. The fraction of sp³-hybridized carbons (Fsp3) is 0.905. The van der Waals surface area contributed by atoms with Gasteiger partial charge in [-0.2, -0.15) is 13.2 Å². The number of rotatable bonds is 2. The molecule has 4 rings (SSSR count). The normalized spacial score (nSPS) is 39.6. The summed E-state index contributed by atoms with van der Waals surface area (Å²) in [5.41, 5.74) is 2.57. The van der Waals surface area contributed by atoms with Gasteiger partial charge in [0.15, 0.2) is 0 Å². The largest absolute Gasteiger partial charge is 0.405 e. The lowest BCUT2D eigenvalue weighted by Gasteiger charge is -2.55. The zero-order chi connectivity index (χ0) is 22.5. The van der Waals surface area contributed by atoms with Gasteiger partial charge in [-0.3, -0.25) is 9.59 Å². The second-order valence-electron chi connectivity index (χ2n) is 9.61. The van der Waals surface area contributed by atoms with E-state index in [4.69, 9.17) is 4.74 Å². The van der Waals surface area contributed by atoms with E-state index in [1.807, 2.05) is 16.7 Å². The average molecular weight is 447 g/mol. The summed E-state index contributed by atoms with van der Waals surface area (Å²) in [5, 5.41) is 1.60.